The summed E-state index contributed by atoms with van der Waals surface area (Å²) in [5, 5.41) is 0. The number of halogens is 1. The lowest BCUT2D eigenvalue weighted by Crippen LogP contribution is -2.09. The zero-order valence-corrected chi connectivity index (χ0v) is 8.85. The van der Waals surface area contributed by atoms with Crippen LogP contribution in [0, 0.1) is 5.82 Å². The maximum Gasteiger partial charge on any atom is 0.272 e. The van der Waals surface area contributed by atoms with Crippen LogP contribution in [0.3, 0.4) is 0 Å². The Balaban J connectivity index is 2.23. The summed E-state index contributed by atoms with van der Waals surface area (Å²) in [4.78, 5) is 14.5. The topological polar surface area (TPSA) is 37.3 Å². The second-order valence-electron chi connectivity index (χ2n) is 3.80. The summed E-state index contributed by atoms with van der Waals surface area (Å²) >= 11 is 0. The van der Waals surface area contributed by atoms with Crippen molar-refractivity contribution in [3.8, 4) is 11.3 Å². The van der Waals surface area contributed by atoms with Crippen LogP contribution in [0.5, 0.6) is 0 Å². The molecule has 0 aliphatic heterocycles. The number of hydrogen-bond donors (Lipinski definition) is 1. The number of aromatic amines is 1. The van der Waals surface area contributed by atoms with Crippen LogP contribution in [-0.2, 0) is 0 Å². The van der Waals surface area contributed by atoms with Gasteiger partial charge in [0, 0.05) is 12.4 Å². The number of benzene rings is 1. The molecule has 0 aliphatic rings. The van der Waals surface area contributed by atoms with Gasteiger partial charge >= 0.3 is 0 Å². The van der Waals surface area contributed by atoms with Gasteiger partial charge < -0.3 is 9.38 Å². The molecule has 0 radical (unpaired) electrons. The lowest BCUT2D eigenvalue weighted by Gasteiger charge is -2.03. The molecule has 3 aromatic rings. The van der Waals surface area contributed by atoms with E-state index in [0.29, 0.717) is 11.2 Å². The number of H-pyrrole nitrogens is 1. The third-order valence-corrected chi connectivity index (χ3v) is 2.68. The Morgan fingerprint density at radius 3 is 2.65 bits per heavy atom. The minimum absolute atomic E-state index is 0.156. The zero-order valence-electron chi connectivity index (χ0n) is 8.85. The average Bonchev–Trinajstić information content (AvgIpc) is 2.78. The SMILES string of the molecule is O=c1[nH]c(-c2ccc(F)cc2)cn2cccc12. The fourth-order valence-electron chi connectivity index (χ4n) is 1.83. The van der Waals surface area contributed by atoms with Crippen molar-refractivity contribution in [3.05, 3.63) is 65.0 Å². The highest BCUT2D eigenvalue weighted by Gasteiger charge is 2.03. The van der Waals surface area contributed by atoms with Gasteiger partial charge in [0.05, 0.1) is 5.69 Å². The molecule has 3 nitrogen and oxygen atoms in total. The molecule has 0 atom stereocenters. The predicted molar refractivity (Wildman–Crippen MR) is 63.4 cm³/mol. The van der Waals surface area contributed by atoms with E-state index in [1.54, 1.807) is 34.9 Å². The van der Waals surface area contributed by atoms with E-state index < -0.39 is 0 Å². The smallest absolute Gasteiger partial charge is 0.272 e. The van der Waals surface area contributed by atoms with Crippen LogP contribution in [0.4, 0.5) is 4.39 Å². The van der Waals surface area contributed by atoms with Crippen molar-refractivity contribution >= 4 is 5.52 Å². The summed E-state index contributed by atoms with van der Waals surface area (Å²) in [6.07, 6.45) is 3.61. The van der Waals surface area contributed by atoms with Crippen LogP contribution in [0.1, 0.15) is 0 Å². The second kappa shape index (κ2) is 3.59. The Bertz CT molecular complexity index is 725. The quantitative estimate of drug-likeness (QED) is 0.682. The van der Waals surface area contributed by atoms with Crippen molar-refractivity contribution in [2.75, 3.05) is 0 Å². The van der Waals surface area contributed by atoms with Gasteiger partial charge in [-0.25, -0.2) is 4.39 Å². The van der Waals surface area contributed by atoms with Crippen molar-refractivity contribution in [2.24, 2.45) is 0 Å². The van der Waals surface area contributed by atoms with Gasteiger partial charge in [0.15, 0.2) is 0 Å². The van der Waals surface area contributed by atoms with Gasteiger partial charge in [0.1, 0.15) is 11.3 Å². The first-order valence-electron chi connectivity index (χ1n) is 5.20. The lowest BCUT2D eigenvalue weighted by atomic mass is 10.1. The first-order chi connectivity index (χ1) is 8.24. The standard InChI is InChI=1S/C13H9FN2O/c14-10-5-3-9(4-6-10)11-8-16-7-1-2-12(16)13(17)15-11/h1-8H,(H,15,17). The van der Waals surface area contributed by atoms with E-state index in [2.05, 4.69) is 4.98 Å². The Morgan fingerprint density at radius 1 is 1.12 bits per heavy atom. The van der Waals surface area contributed by atoms with E-state index in [1.807, 2.05) is 6.20 Å². The molecule has 0 fully saturated rings. The van der Waals surface area contributed by atoms with E-state index in [9.17, 15) is 9.18 Å². The molecular weight excluding hydrogens is 219 g/mol. The Labute approximate surface area is 96.2 Å². The molecule has 0 aliphatic carbocycles. The Kier molecular flexibility index (Phi) is 2.08. The van der Waals surface area contributed by atoms with Crippen molar-refractivity contribution in [3.63, 3.8) is 0 Å². The molecule has 17 heavy (non-hydrogen) atoms. The lowest BCUT2D eigenvalue weighted by molar-refractivity contribution is 0.628. The van der Waals surface area contributed by atoms with Crippen LogP contribution in [0.2, 0.25) is 0 Å². The summed E-state index contributed by atoms with van der Waals surface area (Å²) in [7, 11) is 0. The molecule has 3 rings (SSSR count). The molecular formula is C13H9FN2O. The second-order valence-corrected chi connectivity index (χ2v) is 3.80. The molecule has 4 heteroatoms. The third-order valence-electron chi connectivity index (χ3n) is 2.68. The summed E-state index contributed by atoms with van der Waals surface area (Å²) in [5.41, 5.74) is 1.88. The fraction of sp³-hybridized carbons (Fsp3) is 0. The molecule has 2 heterocycles. The molecule has 1 N–H and O–H groups in total. The molecule has 1 aromatic carbocycles. The van der Waals surface area contributed by atoms with E-state index in [1.165, 1.54) is 12.1 Å². The van der Waals surface area contributed by atoms with Gasteiger partial charge in [-0.2, -0.15) is 0 Å². The Morgan fingerprint density at radius 2 is 1.88 bits per heavy atom. The highest BCUT2D eigenvalue weighted by atomic mass is 19.1. The van der Waals surface area contributed by atoms with Crippen molar-refractivity contribution in [1.82, 2.24) is 9.38 Å². The molecule has 0 amide bonds. The maximum absolute atomic E-state index is 12.8. The van der Waals surface area contributed by atoms with Crippen LogP contribution in [0.25, 0.3) is 16.8 Å². The number of fused-ring (bicyclic) bond motifs is 1. The van der Waals surface area contributed by atoms with Gasteiger partial charge in [-0.15, -0.1) is 0 Å². The van der Waals surface area contributed by atoms with Crippen LogP contribution in [-0.4, -0.2) is 9.38 Å². The summed E-state index contributed by atoms with van der Waals surface area (Å²) in [6, 6.07) is 9.55. The van der Waals surface area contributed by atoms with Crippen LogP contribution < -0.4 is 5.56 Å². The maximum atomic E-state index is 12.8. The predicted octanol–water partition coefficient (Wildman–Crippen LogP) is 2.43. The molecule has 2 aromatic heterocycles. The van der Waals surface area contributed by atoms with E-state index in [4.69, 9.17) is 0 Å². The minimum atomic E-state index is -0.293. The van der Waals surface area contributed by atoms with Gasteiger partial charge in [-0.1, -0.05) is 0 Å². The first-order valence-corrected chi connectivity index (χ1v) is 5.20. The van der Waals surface area contributed by atoms with Gasteiger partial charge in [-0.3, -0.25) is 4.79 Å². The summed E-state index contributed by atoms with van der Waals surface area (Å²) in [6.45, 7) is 0. The number of rotatable bonds is 1. The van der Waals surface area contributed by atoms with Crippen LogP contribution >= 0.6 is 0 Å². The minimum Gasteiger partial charge on any atom is -0.319 e. The number of nitrogens with one attached hydrogen (secondary N) is 1. The van der Waals surface area contributed by atoms with E-state index >= 15 is 0 Å². The van der Waals surface area contributed by atoms with Gasteiger partial charge in [0.25, 0.3) is 5.56 Å². The highest BCUT2D eigenvalue weighted by molar-refractivity contribution is 5.60. The van der Waals surface area contributed by atoms with Crippen LogP contribution in [0.15, 0.2) is 53.6 Å². The number of nitrogens with zero attached hydrogens (tertiary/aromatic N) is 1. The molecule has 0 saturated carbocycles. The largest absolute Gasteiger partial charge is 0.319 e. The van der Waals surface area contributed by atoms with E-state index in [-0.39, 0.29) is 11.4 Å². The van der Waals surface area contributed by atoms with E-state index in [0.717, 1.165) is 5.56 Å². The molecule has 0 spiro atoms. The summed E-state index contributed by atoms with van der Waals surface area (Å²) < 4.78 is 14.6. The number of hydrogen-bond acceptors (Lipinski definition) is 1. The number of aromatic nitrogens is 2. The summed E-state index contributed by atoms with van der Waals surface area (Å²) in [5.74, 6) is -0.293. The van der Waals surface area contributed by atoms with Crippen molar-refractivity contribution < 1.29 is 4.39 Å². The monoisotopic (exact) mass is 228 g/mol. The molecule has 0 saturated heterocycles. The fourth-order valence-corrected chi connectivity index (χ4v) is 1.83. The first kappa shape index (κ1) is 9.84. The normalized spacial score (nSPS) is 10.9. The van der Waals surface area contributed by atoms with Gasteiger partial charge in [-0.05, 0) is 42.0 Å². The Hall–Kier alpha value is -2.36. The zero-order chi connectivity index (χ0) is 11.8. The van der Waals surface area contributed by atoms with Crippen molar-refractivity contribution in [2.45, 2.75) is 0 Å². The third kappa shape index (κ3) is 1.63. The molecule has 84 valence electrons. The average molecular weight is 228 g/mol. The molecule has 0 unspecified atom stereocenters. The molecule has 0 bridgehead atoms. The van der Waals surface area contributed by atoms with Gasteiger partial charge in [0.2, 0.25) is 0 Å². The van der Waals surface area contributed by atoms with Crippen molar-refractivity contribution in [1.29, 1.82) is 0 Å². The highest BCUT2D eigenvalue weighted by Crippen LogP contribution is 2.16.